The average Bonchev–Trinajstić information content (AvgIpc) is 3.14. The lowest BCUT2D eigenvalue weighted by molar-refractivity contribution is -0.384. The topological polar surface area (TPSA) is 85.0 Å². The zero-order valence-electron chi connectivity index (χ0n) is 19.7. The molecule has 0 radical (unpaired) electrons. The second-order valence-electron chi connectivity index (χ2n) is 8.09. The Kier molecular flexibility index (Phi) is 7.31. The third kappa shape index (κ3) is 5.60. The maximum absolute atomic E-state index is 13.1. The molecule has 1 amide bonds. The molecule has 178 valence electrons. The molecule has 0 unspecified atom stereocenters. The number of carbonyl (C=O) groups excluding carboxylic acids is 1. The highest BCUT2D eigenvalue weighted by Gasteiger charge is 2.32. The maximum Gasteiger partial charge on any atom is 0.269 e. The number of hydrogen-bond donors (Lipinski definition) is 0. The molecule has 1 aliphatic rings. The van der Waals surface area contributed by atoms with Gasteiger partial charge in [-0.25, -0.2) is 4.99 Å². The lowest BCUT2D eigenvalue weighted by Gasteiger charge is -2.13. The van der Waals surface area contributed by atoms with E-state index >= 15 is 0 Å². The second kappa shape index (κ2) is 10.6. The van der Waals surface area contributed by atoms with Crippen LogP contribution >= 0.6 is 11.8 Å². The van der Waals surface area contributed by atoms with Crippen molar-refractivity contribution >= 4 is 40.3 Å². The average molecular weight is 488 g/mol. The number of amidine groups is 1. The number of hydrogen-bond acceptors (Lipinski definition) is 6. The largest absolute Gasteiger partial charge is 0.488 e. The number of nitrogens with zero attached hydrogens (tertiary/aromatic N) is 3. The number of thioether (sulfide) groups is 1. The summed E-state index contributed by atoms with van der Waals surface area (Å²) in [5.41, 5.74) is 4.64. The number of aryl methyl sites for hydroxylation is 2. The van der Waals surface area contributed by atoms with E-state index in [1.54, 1.807) is 17.0 Å². The van der Waals surface area contributed by atoms with Crippen LogP contribution in [0.4, 0.5) is 11.4 Å². The first kappa shape index (κ1) is 24.2. The van der Waals surface area contributed by atoms with Crippen molar-refractivity contribution in [2.24, 2.45) is 4.99 Å². The Morgan fingerprint density at radius 1 is 1.09 bits per heavy atom. The van der Waals surface area contributed by atoms with Crippen molar-refractivity contribution in [1.29, 1.82) is 0 Å². The molecule has 3 aromatic rings. The molecule has 0 bridgehead atoms. The molecule has 8 heteroatoms. The van der Waals surface area contributed by atoms with Crippen LogP contribution in [0.2, 0.25) is 0 Å². The number of amides is 1. The number of nitro benzene ring substituents is 1. The lowest BCUT2D eigenvalue weighted by atomic mass is 10.1. The summed E-state index contributed by atoms with van der Waals surface area (Å²) >= 11 is 1.35. The van der Waals surface area contributed by atoms with E-state index in [1.165, 1.54) is 23.9 Å². The molecule has 0 aromatic heterocycles. The Hall–Kier alpha value is -3.91. The Bertz CT molecular complexity index is 1330. The van der Waals surface area contributed by atoms with Crippen LogP contribution in [0.1, 0.15) is 29.2 Å². The molecular weight excluding hydrogens is 462 g/mol. The zero-order chi connectivity index (χ0) is 24.9. The molecule has 0 N–H and O–H groups in total. The van der Waals surface area contributed by atoms with Crippen LogP contribution in [0, 0.1) is 24.0 Å². The molecule has 7 nitrogen and oxygen atoms in total. The van der Waals surface area contributed by atoms with Gasteiger partial charge in [0.05, 0.1) is 15.5 Å². The fraction of sp³-hybridized carbons (Fsp3) is 0.185. The van der Waals surface area contributed by atoms with Gasteiger partial charge in [0.2, 0.25) is 0 Å². The van der Waals surface area contributed by atoms with Crippen molar-refractivity contribution in [2.45, 2.75) is 27.4 Å². The molecule has 35 heavy (non-hydrogen) atoms. The van der Waals surface area contributed by atoms with Crippen LogP contribution < -0.4 is 4.74 Å². The van der Waals surface area contributed by atoms with E-state index in [9.17, 15) is 14.9 Å². The van der Waals surface area contributed by atoms with E-state index in [0.717, 1.165) is 27.9 Å². The van der Waals surface area contributed by atoms with Gasteiger partial charge in [0.25, 0.3) is 11.6 Å². The van der Waals surface area contributed by atoms with Gasteiger partial charge >= 0.3 is 0 Å². The molecule has 0 saturated carbocycles. The van der Waals surface area contributed by atoms with Gasteiger partial charge in [0.15, 0.2) is 5.17 Å². The number of carbonyl (C=O) groups is 1. The Labute approximate surface area is 208 Å². The fourth-order valence-electron chi connectivity index (χ4n) is 3.56. The van der Waals surface area contributed by atoms with Gasteiger partial charge in [-0.05, 0) is 79.6 Å². The molecule has 1 aliphatic heterocycles. The summed E-state index contributed by atoms with van der Waals surface area (Å²) < 4.78 is 5.99. The van der Waals surface area contributed by atoms with Gasteiger partial charge < -0.3 is 4.74 Å². The predicted molar refractivity (Wildman–Crippen MR) is 140 cm³/mol. The zero-order valence-corrected chi connectivity index (χ0v) is 20.5. The maximum atomic E-state index is 13.1. The van der Waals surface area contributed by atoms with Gasteiger partial charge in [-0.3, -0.25) is 19.8 Å². The van der Waals surface area contributed by atoms with Crippen LogP contribution in [0.15, 0.2) is 76.6 Å². The molecule has 1 fully saturated rings. The van der Waals surface area contributed by atoms with Crippen molar-refractivity contribution in [3.8, 4) is 5.75 Å². The third-order valence-corrected chi connectivity index (χ3v) is 6.54. The number of aliphatic imine (C=N–C) groups is 1. The van der Waals surface area contributed by atoms with Crippen molar-refractivity contribution in [1.82, 2.24) is 4.90 Å². The minimum atomic E-state index is -0.431. The summed E-state index contributed by atoms with van der Waals surface area (Å²) in [6.45, 7) is 6.73. The SMILES string of the molecule is CCN1C(=O)/C(=C\c2ccccc2OCc2ccc([N+](=O)[O-])cc2)SC1=Nc1cc(C)ccc1C. The Balaban J connectivity index is 1.57. The standard InChI is InChI=1S/C27H25N3O4S/c1-4-29-26(31)25(35-27(29)28-23-15-18(2)9-10-19(23)3)16-21-7-5-6-8-24(21)34-17-20-11-13-22(14-12-20)30(32)33/h5-16H,4,17H2,1-3H3/b25-16+,28-27?. The first-order valence-corrected chi connectivity index (χ1v) is 12.0. The van der Waals surface area contributed by atoms with Crippen LogP contribution in [-0.2, 0) is 11.4 Å². The molecule has 0 aliphatic carbocycles. The summed E-state index contributed by atoms with van der Waals surface area (Å²) in [5.74, 6) is 0.529. The van der Waals surface area contributed by atoms with Crippen LogP contribution in [0.3, 0.4) is 0 Å². The fourth-order valence-corrected chi connectivity index (χ4v) is 4.61. The highest BCUT2D eigenvalue weighted by Crippen LogP contribution is 2.36. The smallest absolute Gasteiger partial charge is 0.269 e. The van der Waals surface area contributed by atoms with Gasteiger partial charge in [0, 0.05) is 24.2 Å². The monoisotopic (exact) mass is 487 g/mol. The Morgan fingerprint density at radius 3 is 2.54 bits per heavy atom. The first-order valence-electron chi connectivity index (χ1n) is 11.2. The quantitative estimate of drug-likeness (QED) is 0.218. The van der Waals surface area contributed by atoms with Crippen molar-refractivity contribution in [2.75, 3.05) is 6.54 Å². The van der Waals surface area contributed by atoms with Gasteiger partial charge in [-0.2, -0.15) is 0 Å². The number of likely N-dealkylation sites (N-methyl/N-ethyl adjacent to an activating group) is 1. The van der Waals surface area contributed by atoms with Crippen molar-refractivity contribution in [3.63, 3.8) is 0 Å². The normalized spacial score (nSPS) is 15.7. The predicted octanol–water partition coefficient (Wildman–Crippen LogP) is 6.41. The number of benzene rings is 3. The van der Waals surface area contributed by atoms with Crippen molar-refractivity contribution in [3.05, 3.63) is 104 Å². The van der Waals surface area contributed by atoms with E-state index in [2.05, 4.69) is 0 Å². The molecule has 1 heterocycles. The summed E-state index contributed by atoms with van der Waals surface area (Å²) in [6.07, 6.45) is 1.83. The first-order chi connectivity index (χ1) is 16.9. The van der Waals surface area contributed by atoms with E-state index < -0.39 is 4.92 Å². The summed E-state index contributed by atoms with van der Waals surface area (Å²) in [7, 11) is 0. The van der Waals surface area contributed by atoms with Gasteiger partial charge in [0.1, 0.15) is 12.4 Å². The van der Waals surface area contributed by atoms with Crippen LogP contribution in [-0.4, -0.2) is 27.4 Å². The third-order valence-electron chi connectivity index (χ3n) is 5.53. The molecular formula is C27H25N3O4S. The Morgan fingerprint density at radius 2 is 1.83 bits per heavy atom. The number of rotatable bonds is 7. The second-order valence-corrected chi connectivity index (χ2v) is 9.10. The summed E-state index contributed by atoms with van der Waals surface area (Å²) in [4.78, 5) is 30.6. The minimum Gasteiger partial charge on any atom is -0.488 e. The summed E-state index contributed by atoms with van der Waals surface area (Å²) in [6, 6.07) is 19.8. The molecule has 3 aromatic carbocycles. The number of non-ortho nitro benzene ring substituents is 1. The number of ether oxygens (including phenoxy) is 1. The number of nitro groups is 1. The van der Waals surface area contributed by atoms with E-state index in [-0.39, 0.29) is 18.2 Å². The lowest BCUT2D eigenvalue weighted by Crippen LogP contribution is -2.28. The van der Waals surface area contributed by atoms with E-state index in [1.807, 2.05) is 69.3 Å². The molecule has 4 rings (SSSR count). The molecule has 1 saturated heterocycles. The van der Waals surface area contributed by atoms with E-state index in [4.69, 9.17) is 9.73 Å². The van der Waals surface area contributed by atoms with Crippen molar-refractivity contribution < 1.29 is 14.5 Å². The highest BCUT2D eigenvalue weighted by atomic mass is 32.2. The van der Waals surface area contributed by atoms with Crippen LogP contribution in [0.25, 0.3) is 6.08 Å². The number of para-hydroxylation sites is 1. The molecule has 0 atom stereocenters. The minimum absolute atomic E-state index is 0.0365. The highest BCUT2D eigenvalue weighted by molar-refractivity contribution is 8.18. The van der Waals surface area contributed by atoms with Gasteiger partial charge in [-0.1, -0.05) is 30.3 Å². The van der Waals surface area contributed by atoms with Crippen LogP contribution in [0.5, 0.6) is 5.75 Å². The van der Waals surface area contributed by atoms with E-state index in [0.29, 0.717) is 22.4 Å². The van der Waals surface area contributed by atoms with Gasteiger partial charge in [-0.15, -0.1) is 0 Å². The molecule has 0 spiro atoms. The summed E-state index contributed by atoms with van der Waals surface area (Å²) in [5, 5.41) is 11.5.